The predicted molar refractivity (Wildman–Crippen MR) is 116 cm³/mol. The zero-order valence-electron chi connectivity index (χ0n) is 16.0. The summed E-state index contributed by atoms with van der Waals surface area (Å²) >= 11 is 1.93. The number of nitrogens with zero attached hydrogens (tertiary/aromatic N) is 1. The average Bonchev–Trinajstić information content (AvgIpc) is 3.15. The van der Waals surface area contributed by atoms with Crippen LogP contribution in [0.25, 0.3) is 32.2 Å². The molecule has 2 heterocycles. The Labute approximate surface area is 160 Å². The standard InChI is InChI=1S/C24H27NS/c1-4-5-6-7-14-25-22-16-20(19-10-8-17(2)9-11-19)12-13-21(22)24-23(25)15-18(3)26-24/h8-13,15-16H,4-7,14H2,1-3H3. The molecule has 0 atom stereocenters. The Morgan fingerprint density at radius 3 is 2.35 bits per heavy atom. The summed E-state index contributed by atoms with van der Waals surface area (Å²) in [6, 6.07) is 18.2. The normalized spacial score (nSPS) is 11.7. The number of benzene rings is 2. The number of unbranched alkanes of at least 4 members (excludes halogenated alkanes) is 3. The van der Waals surface area contributed by atoms with E-state index < -0.39 is 0 Å². The molecule has 2 heteroatoms. The van der Waals surface area contributed by atoms with Gasteiger partial charge in [0.05, 0.1) is 15.7 Å². The number of hydrogen-bond acceptors (Lipinski definition) is 1. The van der Waals surface area contributed by atoms with Gasteiger partial charge in [-0.25, -0.2) is 0 Å². The third kappa shape index (κ3) is 3.19. The maximum Gasteiger partial charge on any atom is 0.0603 e. The smallest absolute Gasteiger partial charge is 0.0603 e. The lowest BCUT2D eigenvalue weighted by Crippen LogP contribution is -1.97. The third-order valence-electron chi connectivity index (χ3n) is 5.28. The topological polar surface area (TPSA) is 4.93 Å². The second-order valence-electron chi connectivity index (χ2n) is 7.38. The monoisotopic (exact) mass is 361 g/mol. The van der Waals surface area contributed by atoms with Gasteiger partial charge in [-0.05, 0) is 43.5 Å². The van der Waals surface area contributed by atoms with Gasteiger partial charge in [0.15, 0.2) is 0 Å². The largest absolute Gasteiger partial charge is 0.340 e. The summed E-state index contributed by atoms with van der Waals surface area (Å²) < 4.78 is 4.00. The fourth-order valence-corrected chi connectivity index (χ4v) is 4.88. The highest BCUT2D eigenvalue weighted by Crippen LogP contribution is 2.37. The van der Waals surface area contributed by atoms with Crippen LogP contribution in [0.15, 0.2) is 48.5 Å². The predicted octanol–water partition coefficient (Wildman–Crippen LogP) is 7.72. The molecule has 0 fully saturated rings. The van der Waals surface area contributed by atoms with Crippen molar-refractivity contribution in [1.29, 1.82) is 0 Å². The minimum Gasteiger partial charge on any atom is -0.340 e. The first-order valence-electron chi connectivity index (χ1n) is 9.77. The van der Waals surface area contributed by atoms with Crippen molar-refractivity contribution in [3.8, 4) is 11.1 Å². The molecule has 0 N–H and O–H groups in total. The minimum atomic E-state index is 1.12. The molecule has 0 unspecified atom stereocenters. The van der Waals surface area contributed by atoms with Crippen LogP contribution >= 0.6 is 11.3 Å². The van der Waals surface area contributed by atoms with E-state index in [4.69, 9.17) is 0 Å². The Morgan fingerprint density at radius 2 is 1.58 bits per heavy atom. The van der Waals surface area contributed by atoms with E-state index in [1.54, 1.807) is 0 Å². The summed E-state index contributed by atoms with van der Waals surface area (Å²) in [5.41, 5.74) is 6.73. The molecule has 0 aliphatic heterocycles. The quantitative estimate of drug-likeness (QED) is 0.310. The van der Waals surface area contributed by atoms with Crippen molar-refractivity contribution in [1.82, 2.24) is 4.57 Å². The molecule has 4 aromatic rings. The number of thiophene rings is 1. The van der Waals surface area contributed by atoms with Gasteiger partial charge >= 0.3 is 0 Å². The summed E-state index contributed by atoms with van der Waals surface area (Å²) in [6.07, 6.45) is 5.20. The highest BCUT2D eigenvalue weighted by molar-refractivity contribution is 7.20. The van der Waals surface area contributed by atoms with Crippen molar-refractivity contribution in [2.45, 2.75) is 53.0 Å². The molecule has 0 saturated carbocycles. The van der Waals surface area contributed by atoms with Gasteiger partial charge in [0, 0.05) is 16.8 Å². The minimum absolute atomic E-state index is 1.12. The fourth-order valence-electron chi connectivity index (χ4n) is 3.83. The molecule has 0 saturated heterocycles. The van der Waals surface area contributed by atoms with E-state index in [1.807, 2.05) is 11.3 Å². The van der Waals surface area contributed by atoms with Gasteiger partial charge in [0.2, 0.25) is 0 Å². The van der Waals surface area contributed by atoms with Gasteiger partial charge in [0.1, 0.15) is 0 Å². The van der Waals surface area contributed by atoms with E-state index in [9.17, 15) is 0 Å². The molecule has 4 rings (SSSR count). The third-order valence-corrected chi connectivity index (χ3v) is 6.35. The molecule has 0 aliphatic carbocycles. The first kappa shape index (κ1) is 17.4. The molecular weight excluding hydrogens is 334 g/mol. The van der Waals surface area contributed by atoms with Gasteiger partial charge in [-0.1, -0.05) is 68.1 Å². The lowest BCUT2D eigenvalue weighted by atomic mass is 10.0. The van der Waals surface area contributed by atoms with E-state index >= 15 is 0 Å². The van der Waals surface area contributed by atoms with Gasteiger partial charge < -0.3 is 4.57 Å². The van der Waals surface area contributed by atoms with Gasteiger partial charge in [-0.3, -0.25) is 0 Å². The lowest BCUT2D eigenvalue weighted by Gasteiger charge is -2.09. The van der Waals surface area contributed by atoms with Crippen molar-refractivity contribution in [3.63, 3.8) is 0 Å². The number of hydrogen-bond donors (Lipinski definition) is 0. The Kier molecular flexibility index (Phi) is 4.86. The van der Waals surface area contributed by atoms with Gasteiger partial charge in [0.25, 0.3) is 0 Å². The molecule has 0 aliphatic rings. The van der Waals surface area contributed by atoms with Crippen LogP contribution in [0.1, 0.15) is 43.0 Å². The molecule has 0 amide bonds. The van der Waals surface area contributed by atoms with E-state index in [0.29, 0.717) is 0 Å². The molecule has 2 aromatic heterocycles. The summed E-state index contributed by atoms with van der Waals surface area (Å²) in [5.74, 6) is 0. The second kappa shape index (κ2) is 7.28. The van der Waals surface area contributed by atoms with Crippen molar-refractivity contribution in [2.24, 2.45) is 0 Å². The first-order valence-corrected chi connectivity index (χ1v) is 10.6. The van der Waals surface area contributed by atoms with Crippen LogP contribution < -0.4 is 0 Å². The maximum atomic E-state index is 2.56. The molecule has 0 spiro atoms. The van der Waals surface area contributed by atoms with Crippen LogP contribution in [0.3, 0.4) is 0 Å². The molecule has 1 nitrogen and oxygen atoms in total. The van der Waals surface area contributed by atoms with E-state index in [2.05, 4.69) is 73.9 Å². The van der Waals surface area contributed by atoms with Gasteiger partial charge in [-0.2, -0.15) is 0 Å². The van der Waals surface area contributed by atoms with Crippen LogP contribution in [-0.2, 0) is 6.54 Å². The maximum absolute atomic E-state index is 2.56. The zero-order valence-corrected chi connectivity index (χ0v) is 16.8. The Balaban J connectivity index is 1.81. The van der Waals surface area contributed by atoms with Crippen LogP contribution in [0.4, 0.5) is 0 Å². The zero-order chi connectivity index (χ0) is 18.1. The summed E-state index contributed by atoms with van der Waals surface area (Å²) in [7, 11) is 0. The molecule has 0 bridgehead atoms. The Bertz CT molecular complexity index is 1030. The summed E-state index contributed by atoms with van der Waals surface area (Å²) in [5, 5.41) is 1.41. The average molecular weight is 362 g/mol. The van der Waals surface area contributed by atoms with Gasteiger partial charge in [-0.15, -0.1) is 11.3 Å². The van der Waals surface area contributed by atoms with Crippen LogP contribution in [0.5, 0.6) is 0 Å². The number of aryl methyl sites for hydroxylation is 3. The molecule has 26 heavy (non-hydrogen) atoms. The molecular formula is C24H27NS. The van der Waals surface area contributed by atoms with Crippen LogP contribution in [-0.4, -0.2) is 4.57 Å². The van der Waals surface area contributed by atoms with E-state index in [-0.39, 0.29) is 0 Å². The number of rotatable bonds is 6. The van der Waals surface area contributed by atoms with Crippen molar-refractivity contribution in [2.75, 3.05) is 0 Å². The van der Waals surface area contributed by atoms with Crippen molar-refractivity contribution in [3.05, 3.63) is 59.0 Å². The molecule has 2 aromatic carbocycles. The molecule has 134 valence electrons. The highest BCUT2D eigenvalue weighted by atomic mass is 32.1. The van der Waals surface area contributed by atoms with E-state index in [0.717, 1.165) is 6.54 Å². The Hall–Kier alpha value is -2.06. The fraction of sp³-hybridized carbons (Fsp3) is 0.333. The second-order valence-corrected chi connectivity index (χ2v) is 8.64. The van der Waals surface area contributed by atoms with Crippen LogP contribution in [0, 0.1) is 13.8 Å². The number of fused-ring (bicyclic) bond motifs is 3. The molecule has 0 radical (unpaired) electrons. The van der Waals surface area contributed by atoms with Crippen LogP contribution in [0.2, 0.25) is 0 Å². The summed E-state index contributed by atoms with van der Waals surface area (Å²) in [4.78, 5) is 1.40. The Morgan fingerprint density at radius 1 is 0.808 bits per heavy atom. The van der Waals surface area contributed by atoms with Crippen molar-refractivity contribution >= 4 is 32.5 Å². The van der Waals surface area contributed by atoms with Crippen molar-refractivity contribution < 1.29 is 0 Å². The highest BCUT2D eigenvalue weighted by Gasteiger charge is 2.14. The first-order chi connectivity index (χ1) is 12.7. The number of aromatic nitrogens is 1. The van der Waals surface area contributed by atoms with E-state index in [1.165, 1.54) is 68.4 Å². The summed E-state index contributed by atoms with van der Waals surface area (Å²) in [6.45, 7) is 7.76. The SMILES string of the molecule is CCCCCCn1c2cc(-c3ccc(C)cc3)ccc2c2sc(C)cc21. The lowest BCUT2D eigenvalue weighted by molar-refractivity contribution is 0.602.